The Morgan fingerprint density at radius 3 is 2.62 bits per heavy atom. The summed E-state index contributed by atoms with van der Waals surface area (Å²) in [5.41, 5.74) is -1.51. The van der Waals surface area contributed by atoms with Crippen molar-refractivity contribution in [2.75, 3.05) is 0 Å². The van der Waals surface area contributed by atoms with Crippen LogP contribution >= 0.6 is 22.9 Å². The van der Waals surface area contributed by atoms with Crippen LogP contribution in [0.15, 0.2) is 46.2 Å². The summed E-state index contributed by atoms with van der Waals surface area (Å²) >= 11 is 7.17. The molecule has 0 radical (unpaired) electrons. The van der Waals surface area contributed by atoms with Crippen molar-refractivity contribution in [1.29, 1.82) is 5.26 Å². The Morgan fingerprint density at radius 1 is 1.19 bits per heavy atom. The third-order valence-corrected chi connectivity index (χ3v) is 7.18. The van der Waals surface area contributed by atoms with Gasteiger partial charge in [-0.2, -0.15) is 18.4 Å². The maximum absolute atomic E-state index is 13.6. The Kier molecular flexibility index (Phi) is 5.88. The molecule has 0 aliphatic carbocycles. The van der Waals surface area contributed by atoms with Gasteiger partial charge >= 0.3 is 11.9 Å². The zero-order valence-corrected chi connectivity index (χ0v) is 20.2. The van der Waals surface area contributed by atoms with Crippen LogP contribution < -0.4 is 11.2 Å². The van der Waals surface area contributed by atoms with E-state index in [1.165, 1.54) is 22.8 Å². The second-order valence-corrected chi connectivity index (χ2v) is 9.41. The van der Waals surface area contributed by atoms with Crippen LogP contribution in [-0.4, -0.2) is 23.7 Å². The summed E-state index contributed by atoms with van der Waals surface area (Å²) in [6.45, 7) is -0.0952. The minimum Gasteiger partial charge on any atom is -0.322 e. The molecule has 0 aliphatic rings. The van der Waals surface area contributed by atoms with Crippen LogP contribution in [0.3, 0.4) is 0 Å². The zero-order chi connectivity index (χ0) is 26.6. The van der Waals surface area contributed by atoms with Gasteiger partial charge in [-0.15, -0.1) is 11.3 Å². The number of aryl methyl sites for hydroxylation is 2. The molecule has 37 heavy (non-hydrogen) atoms. The van der Waals surface area contributed by atoms with E-state index in [0.717, 1.165) is 46.0 Å². The van der Waals surface area contributed by atoms with Crippen LogP contribution in [0.2, 0.25) is 5.02 Å². The predicted octanol–water partition coefficient (Wildman–Crippen LogP) is 4.89. The van der Waals surface area contributed by atoms with Crippen LogP contribution in [0.5, 0.6) is 0 Å². The lowest BCUT2D eigenvalue weighted by Crippen LogP contribution is -2.38. The molecule has 0 aliphatic heterocycles. The van der Waals surface area contributed by atoms with E-state index in [1.807, 2.05) is 6.07 Å². The Labute approximate surface area is 213 Å². The number of rotatable bonds is 4. The highest BCUT2D eigenvalue weighted by Crippen LogP contribution is 2.36. The molecular weight excluding hydrogens is 536 g/mol. The largest absolute Gasteiger partial charge is 0.449 e. The highest BCUT2D eigenvalue weighted by molar-refractivity contribution is 7.22. The fourth-order valence-electron chi connectivity index (χ4n) is 4.13. The molecule has 0 atom stereocenters. The maximum atomic E-state index is 13.6. The van der Waals surface area contributed by atoms with Crippen molar-refractivity contribution in [2.24, 2.45) is 7.05 Å². The van der Waals surface area contributed by atoms with Crippen molar-refractivity contribution < 1.29 is 17.6 Å². The first-order valence-corrected chi connectivity index (χ1v) is 11.7. The summed E-state index contributed by atoms with van der Waals surface area (Å²) in [4.78, 5) is 35.2. The van der Waals surface area contributed by atoms with Crippen LogP contribution in [0.1, 0.15) is 12.2 Å². The average Bonchev–Trinajstić information content (AvgIpc) is 3.41. The molecular formula is C23H13ClF4N6O2S. The first kappa shape index (κ1) is 24.7. The van der Waals surface area contributed by atoms with Gasteiger partial charge in [0.2, 0.25) is 5.82 Å². The van der Waals surface area contributed by atoms with Gasteiger partial charge in [0.1, 0.15) is 16.0 Å². The Hall–Kier alpha value is -4.02. The van der Waals surface area contributed by atoms with Gasteiger partial charge < -0.3 is 4.57 Å². The molecule has 0 unspecified atom stereocenters. The molecule has 0 saturated carbocycles. The molecule has 5 rings (SSSR count). The highest BCUT2D eigenvalue weighted by atomic mass is 35.5. The highest BCUT2D eigenvalue weighted by Gasteiger charge is 2.37. The summed E-state index contributed by atoms with van der Waals surface area (Å²) in [5.74, 6) is -1.78. The first-order chi connectivity index (χ1) is 17.5. The molecule has 0 saturated heterocycles. The van der Waals surface area contributed by atoms with E-state index < -0.39 is 29.1 Å². The van der Waals surface area contributed by atoms with Crippen molar-refractivity contribution >= 4 is 44.2 Å². The Morgan fingerprint density at radius 2 is 1.95 bits per heavy atom. The van der Waals surface area contributed by atoms with Gasteiger partial charge in [-0.05, 0) is 24.3 Å². The molecule has 188 valence electrons. The van der Waals surface area contributed by atoms with E-state index in [1.54, 1.807) is 0 Å². The summed E-state index contributed by atoms with van der Waals surface area (Å²) < 4.78 is 56.9. The van der Waals surface area contributed by atoms with Crippen molar-refractivity contribution in [3.05, 3.63) is 74.2 Å². The lowest BCUT2D eigenvalue weighted by molar-refractivity contribution is -0.146. The number of aromatic nitrogens is 5. The summed E-state index contributed by atoms with van der Waals surface area (Å²) in [5, 5.41) is 9.21. The van der Waals surface area contributed by atoms with Crippen molar-refractivity contribution in [3.8, 4) is 22.2 Å². The molecule has 1 aromatic carbocycles. The number of thiophene rings is 1. The molecule has 4 aromatic heterocycles. The molecule has 0 N–H and O–H groups in total. The fourth-order valence-corrected chi connectivity index (χ4v) is 5.59. The minimum absolute atomic E-state index is 0.0813. The monoisotopic (exact) mass is 548 g/mol. The number of benzene rings is 1. The number of imidazole rings is 1. The third-order valence-electron chi connectivity index (χ3n) is 5.72. The van der Waals surface area contributed by atoms with Crippen LogP contribution in [0.25, 0.3) is 37.4 Å². The number of nitriles is 1. The van der Waals surface area contributed by atoms with Gasteiger partial charge in [0.05, 0.1) is 46.6 Å². The second kappa shape index (κ2) is 8.82. The van der Waals surface area contributed by atoms with Crippen molar-refractivity contribution in [1.82, 2.24) is 23.7 Å². The van der Waals surface area contributed by atoms with E-state index >= 15 is 0 Å². The third kappa shape index (κ3) is 3.98. The van der Waals surface area contributed by atoms with Gasteiger partial charge in [-0.25, -0.2) is 18.7 Å². The van der Waals surface area contributed by atoms with Crippen LogP contribution in [0, 0.1) is 17.1 Å². The number of hydrogen-bond acceptors (Lipinski definition) is 6. The smallest absolute Gasteiger partial charge is 0.322 e. The molecule has 5 aromatic rings. The fraction of sp³-hybridized carbons (Fsp3) is 0.174. The van der Waals surface area contributed by atoms with E-state index in [2.05, 4.69) is 9.97 Å². The first-order valence-electron chi connectivity index (χ1n) is 10.5. The molecule has 0 amide bonds. The lowest BCUT2D eigenvalue weighted by atomic mass is 10.2. The summed E-state index contributed by atoms with van der Waals surface area (Å²) in [6, 6.07) is 7.20. The minimum atomic E-state index is -4.79. The molecule has 4 heterocycles. The van der Waals surface area contributed by atoms with E-state index in [0.29, 0.717) is 10.4 Å². The van der Waals surface area contributed by atoms with Gasteiger partial charge in [0.15, 0.2) is 0 Å². The molecule has 8 nitrogen and oxygen atoms in total. The Balaban J connectivity index is 1.86. The molecule has 0 spiro atoms. The number of fused-ring (bicyclic) bond motifs is 2. The van der Waals surface area contributed by atoms with Crippen molar-refractivity contribution in [3.63, 3.8) is 0 Å². The lowest BCUT2D eigenvalue weighted by Gasteiger charge is -2.12. The normalized spacial score (nSPS) is 11.9. The number of alkyl halides is 3. The molecule has 0 fully saturated rings. The number of hydrogen-bond donors (Lipinski definition) is 0. The van der Waals surface area contributed by atoms with Gasteiger partial charge in [-0.3, -0.25) is 14.3 Å². The van der Waals surface area contributed by atoms with Crippen LogP contribution in [0.4, 0.5) is 17.6 Å². The predicted molar refractivity (Wildman–Crippen MR) is 129 cm³/mol. The van der Waals surface area contributed by atoms with E-state index in [9.17, 15) is 27.2 Å². The average molecular weight is 549 g/mol. The number of halogens is 5. The maximum Gasteiger partial charge on any atom is 0.449 e. The number of pyridine rings is 1. The topological polar surface area (TPSA) is 98.5 Å². The standard InChI is InChI=1S/C23H13ClF4N6O2S/c1-32-18-14(31-21(32)23(26,27)28)9-30-10-16(18)34-20(35)19-15(33(22(34)36)6-2-5-29)8-17(37-19)12-4-3-11(25)7-13(12)24/h3-4,7-10H,2,6H2,1H3. The number of nitrogens with zero attached hydrogens (tertiary/aromatic N) is 6. The molecule has 0 bridgehead atoms. The SMILES string of the molecule is Cn1c(C(F)(F)F)nc2cncc(-n3c(=O)c4sc(-c5ccc(F)cc5Cl)cc4n(CCC#N)c3=O)c21. The van der Waals surface area contributed by atoms with Crippen molar-refractivity contribution in [2.45, 2.75) is 19.1 Å². The zero-order valence-electron chi connectivity index (χ0n) is 18.7. The Bertz CT molecular complexity index is 1880. The quantitative estimate of drug-likeness (QED) is 0.298. The van der Waals surface area contributed by atoms with Gasteiger partial charge in [0.25, 0.3) is 5.56 Å². The molecule has 14 heteroatoms. The van der Waals surface area contributed by atoms with Crippen LogP contribution in [-0.2, 0) is 19.8 Å². The summed E-state index contributed by atoms with van der Waals surface area (Å²) in [7, 11) is 1.12. The van der Waals surface area contributed by atoms with Gasteiger partial charge in [-0.1, -0.05) is 11.6 Å². The van der Waals surface area contributed by atoms with E-state index in [4.69, 9.17) is 16.9 Å². The second-order valence-electron chi connectivity index (χ2n) is 7.95. The summed E-state index contributed by atoms with van der Waals surface area (Å²) in [6.07, 6.45) is -2.66. The van der Waals surface area contributed by atoms with E-state index in [-0.39, 0.29) is 44.9 Å². The van der Waals surface area contributed by atoms with Gasteiger partial charge in [0, 0.05) is 24.0 Å².